The lowest BCUT2D eigenvalue weighted by Crippen LogP contribution is -2.44. The number of hydrogen-bond acceptors (Lipinski definition) is 3. The van der Waals surface area contributed by atoms with Crippen LogP contribution in [-0.4, -0.2) is 72.3 Å². The molecule has 3 rings (SSSR count). The van der Waals surface area contributed by atoms with Crippen molar-refractivity contribution in [2.45, 2.75) is 45.4 Å². The van der Waals surface area contributed by atoms with Crippen molar-refractivity contribution in [3.8, 4) is 0 Å². The summed E-state index contributed by atoms with van der Waals surface area (Å²) in [6.45, 7) is 7.87. The summed E-state index contributed by atoms with van der Waals surface area (Å²) in [6, 6.07) is 6.84. The van der Waals surface area contributed by atoms with Gasteiger partial charge in [0.25, 0.3) is 0 Å². The number of benzene rings is 1. The molecule has 0 N–H and O–H groups in total. The fourth-order valence-electron chi connectivity index (χ4n) is 4.53. The molecule has 160 valence electrons. The molecule has 2 fully saturated rings. The lowest BCUT2D eigenvalue weighted by Gasteiger charge is -2.35. The van der Waals surface area contributed by atoms with Gasteiger partial charge in [0.1, 0.15) is 5.82 Å². The fourth-order valence-corrected chi connectivity index (χ4v) is 4.53. The number of piperidine rings is 1. The van der Waals surface area contributed by atoms with Crippen molar-refractivity contribution in [3.63, 3.8) is 0 Å². The lowest BCUT2D eigenvalue weighted by atomic mass is 9.96. The predicted octanol–water partition coefficient (Wildman–Crippen LogP) is 2.94. The van der Waals surface area contributed by atoms with Crippen LogP contribution in [0.2, 0.25) is 0 Å². The average molecular weight is 404 g/mol. The zero-order valence-corrected chi connectivity index (χ0v) is 17.6. The van der Waals surface area contributed by atoms with E-state index in [1.165, 1.54) is 6.07 Å². The van der Waals surface area contributed by atoms with E-state index < -0.39 is 0 Å². The summed E-state index contributed by atoms with van der Waals surface area (Å²) in [5.41, 5.74) is 1.04. The van der Waals surface area contributed by atoms with Crippen molar-refractivity contribution in [3.05, 3.63) is 35.6 Å². The topological polar surface area (TPSA) is 43.9 Å². The molecule has 5 nitrogen and oxygen atoms in total. The molecule has 2 heterocycles. The Labute approximate surface area is 173 Å². The molecule has 0 radical (unpaired) electrons. The number of likely N-dealkylation sites (tertiary alicyclic amines) is 2. The highest BCUT2D eigenvalue weighted by Gasteiger charge is 2.25. The van der Waals surface area contributed by atoms with Crippen molar-refractivity contribution in [1.29, 1.82) is 0 Å². The Morgan fingerprint density at radius 3 is 2.83 bits per heavy atom. The van der Waals surface area contributed by atoms with Gasteiger partial charge in [-0.1, -0.05) is 12.1 Å². The zero-order valence-electron chi connectivity index (χ0n) is 17.6. The molecule has 2 aliphatic rings. The highest BCUT2D eigenvalue weighted by Crippen LogP contribution is 2.19. The van der Waals surface area contributed by atoms with Crippen molar-refractivity contribution in [2.24, 2.45) is 5.92 Å². The molecule has 1 aromatic carbocycles. The van der Waals surface area contributed by atoms with Crippen LogP contribution in [0, 0.1) is 11.7 Å². The number of amides is 2. The highest BCUT2D eigenvalue weighted by molar-refractivity contribution is 5.80. The Morgan fingerprint density at radius 2 is 2.10 bits per heavy atom. The lowest BCUT2D eigenvalue weighted by molar-refractivity contribution is -0.133. The SMILES string of the molecule is CCN(CC1CCCN(CCc2cccc(F)c2)C1)C(=O)CCN1CCCC1=O. The summed E-state index contributed by atoms with van der Waals surface area (Å²) in [6.07, 6.45) is 5.10. The van der Waals surface area contributed by atoms with E-state index in [2.05, 4.69) is 4.90 Å². The van der Waals surface area contributed by atoms with Gasteiger partial charge in [-0.15, -0.1) is 0 Å². The van der Waals surface area contributed by atoms with Crippen molar-refractivity contribution < 1.29 is 14.0 Å². The van der Waals surface area contributed by atoms with Crippen LogP contribution < -0.4 is 0 Å². The zero-order chi connectivity index (χ0) is 20.6. The molecule has 1 aromatic rings. The summed E-state index contributed by atoms with van der Waals surface area (Å²) in [5.74, 6) is 0.645. The minimum absolute atomic E-state index is 0.157. The average Bonchev–Trinajstić information content (AvgIpc) is 3.14. The summed E-state index contributed by atoms with van der Waals surface area (Å²) in [5, 5.41) is 0. The molecule has 2 aliphatic heterocycles. The third-order valence-electron chi connectivity index (χ3n) is 6.19. The quantitative estimate of drug-likeness (QED) is 0.637. The van der Waals surface area contributed by atoms with E-state index in [0.29, 0.717) is 31.8 Å². The third-order valence-corrected chi connectivity index (χ3v) is 6.19. The number of rotatable bonds is 9. The van der Waals surface area contributed by atoms with Crippen molar-refractivity contribution >= 4 is 11.8 Å². The Morgan fingerprint density at radius 1 is 1.24 bits per heavy atom. The second-order valence-corrected chi connectivity index (χ2v) is 8.36. The Kier molecular flexibility index (Phi) is 8.04. The second-order valence-electron chi connectivity index (χ2n) is 8.36. The van der Waals surface area contributed by atoms with Crippen LogP contribution in [0.5, 0.6) is 0 Å². The van der Waals surface area contributed by atoms with E-state index in [9.17, 15) is 14.0 Å². The molecular formula is C23H34FN3O2. The highest BCUT2D eigenvalue weighted by atomic mass is 19.1. The molecule has 1 unspecified atom stereocenters. The first-order valence-corrected chi connectivity index (χ1v) is 11.1. The van der Waals surface area contributed by atoms with Crippen LogP contribution >= 0.6 is 0 Å². The van der Waals surface area contributed by atoms with Crippen LogP contribution in [-0.2, 0) is 16.0 Å². The van der Waals surface area contributed by atoms with Gasteiger partial charge in [0.05, 0.1) is 0 Å². The molecule has 6 heteroatoms. The first kappa shape index (κ1) is 21.8. The van der Waals surface area contributed by atoms with Gasteiger partial charge in [0, 0.05) is 52.1 Å². The van der Waals surface area contributed by atoms with Gasteiger partial charge in [0.15, 0.2) is 0 Å². The molecule has 0 bridgehead atoms. The molecule has 0 saturated carbocycles. The van der Waals surface area contributed by atoms with E-state index in [1.807, 2.05) is 22.8 Å². The molecule has 1 atom stereocenters. The van der Waals surface area contributed by atoms with Gasteiger partial charge in [0.2, 0.25) is 11.8 Å². The molecule has 0 aromatic heterocycles. The maximum absolute atomic E-state index is 13.4. The van der Waals surface area contributed by atoms with E-state index in [-0.39, 0.29) is 17.6 Å². The molecule has 0 aliphatic carbocycles. The third kappa shape index (κ3) is 6.53. The van der Waals surface area contributed by atoms with E-state index >= 15 is 0 Å². The number of hydrogen-bond donors (Lipinski definition) is 0. The maximum Gasteiger partial charge on any atom is 0.224 e. The summed E-state index contributed by atoms with van der Waals surface area (Å²) in [4.78, 5) is 30.6. The molecular weight excluding hydrogens is 369 g/mol. The second kappa shape index (κ2) is 10.7. The first-order chi connectivity index (χ1) is 14.0. The smallest absolute Gasteiger partial charge is 0.224 e. The van der Waals surface area contributed by atoms with Gasteiger partial charge >= 0.3 is 0 Å². The molecule has 2 saturated heterocycles. The Bertz CT molecular complexity index is 696. The fraction of sp³-hybridized carbons (Fsp3) is 0.652. The number of nitrogens with zero attached hydrogens (tertiary/aromatic N) is 3. The Balaban J connectivity index is 1.43. The van der Waals surface area contributed by atoms with E-state index in [1.54, 1.807) is 12.1 Å². The minimum atomic E-state index is -0.174. The number of halogens is 1. The first-order valence-electron chi connectivity index (χ1n) is 11.1. The summed E-state index contributed by atoms with van der Waals surface area (Å²) in [7, 11) is 0. The molecule has 29 heavy (non-hydrogen) atoms. The monoisotopic (exact) mass is 403 g/mol. The van der Waals surface area contributed by atoms with Gasteiger partial charge in [-0.05, 0) is 62.8 Å². The minimum Gasteiger partial charge on any atom is -0.343 e. The van der Waals surface area contributed by atoms with E-state index in [0.717, 1.165) is 64.0 Å². The molecule has 0 spiro atoms. The summed E-state index contributed by atoms with van der Waals surface area (Å²) >= 11 is 0. The van der Waals surface area contributed by atoms with Crippen LogP contribution in [0.4, 0.5) is 4.39 Å². The Hall–Kier alpha value is -1.95. The van der Waals surface area contributed by atoms with Crippen LogP contribution in [0.25, 0.3) is 0 Å². The van der Waals surface area contributed by atoms with Crippen LogP contribution in [0.3, 0.4) is 0 Å². The van der Waals surface area contributed by atoms with E-state index in [4.69, 9.17) is 0 Å². The van der Waals surface area contributed by atoms with Gasteiger partial charge in [-0.25, -0.2) is 4.39 Å². The van der Waals surface area contributed by atoms with Gasteiger partial charge in [-0.3, -0.25) is 9.59 Å². The van der Waals surface area contributed by atoms with Gasteiger partial charge < -0.3 is 14.7 Å². The largest absolute Gasteiger partial charge is 0.343 e. The standard InChI is InChI=1S/C23H34FN3O2/c1-2-26(23(29)11-15-27-13-5-9-22(27)28)18-20-7-4-12-25(17-20)14-10-19-6-3-8-21(24)16-19/h3,6,8,16,20H,2,4-5,7,9-15,17-18H2,1H3. The number of carbonyl (C=O) groups is 2. The predicted molar refractivity (Wildman–Crippen MR) is 112 cm³/mol. The van der Waals surface area contributed by atoms with Crippen LogP contribution in [0.15, 0.2) is 24.3 Å². The molecule has 2 amide bonds. The normalized spacial score (nSPS) is 20.3. The van der Waals surface area contributed by atoms with Gasteiger partial charge in [-0.2, -0.15) is 0 Å². The van der Waals surface area contributed by atoms with Crippen molar-refractivity contribution in [1.82, 2.24) is 14.7 Å². The van der Waals surface area contributed by atoms with Crippen molar-refractivity contribution in [2.75, 3.05) is 45.8 Å². The maximum atomic E-state index is 13.4. The number of carbonyl (C=O) groups excluding carboxylic acids is 2. The summed E-state index contributed by atoms with van der Waals surface area (Å²) < 4.78 is 13.4. The van der Waals surface area contributed by atoms with Crippen LogP contribution in [0.1, 0.15) is 44.6 Å².